The van der Waals surface area contributed by atoms with E-state index in [0.717, 1.165) is 33.5 Å². The Morgan fingerprint density at radius 2 is 2.05 bits per heavy atom. The fourth-order valence-electron chi connectivity index (χ4n) is 2.44. The van der Waals surface area contributed by atoms with Crippen molar-refractivity contribution >= 4 is 33.2 Å². The molecule has 1 fully saturated rings. The van der Waals surface area contributed by atoms with Crippen molar-refractivity contribution in [1.29, 1.82) is 0 Å². The minimum atomic E-state index is 0.460. The number of aromatic nitrogens is 3. The van der Waals surface area contributed by atoms with Crippen LogP contribution in [0.1, 0.15) is 13.8 Å². The van der Waals surface area contributed by atoms with Gasteiger partial charge in [0.2, 0.25) is 5.95 Å². The Bertz CT molecular complexity index is 556. The summed E-state index contributed by atoms with van der Waals surface area (Å²) < 4.78 is 1.10. The highest BCUT2D eigenvalue weighted by Gasteiger charge is 2.23. The van der Waals surface area contributed by atoms with Crippen LogP contribution in [-0.2, 0) is 0 Å². The molecule has 2 aromatic rings. The predicted octanol–water partition coefficient (Wildman–Crippen LogP) is 2.48. The average molecular weight is 342 g/mol. The normalized spacial score (nSPS) is 23.8. The van der Waals surface area contributed by atoms with Gasteiger partial charge in [-0.15, -0.1) is 16.4 Å². The Morgan fingerprint density at radius 1 is 1.32 bits per heavy atom. The van der Waals surface area contributed by atoms with E-state index < -0.39 is 0 Å². The van der Waals surface area contributed by atoms with E-state index in [1.54, 1.807) is 11.3 Å². The third-order valence-electron chi connectivity index (χ3n) is 3.12. The van der Waals surface area contributed by atoms with E-state index in [1.165, 1.54) is 0 Å². The van der Waals surface area contributed by atoms with Crippen LogP contribution in [0.25, 0.3) is 10.7 Å². The molecule has 0 aliphatic carbocycles. The number of rotatable bonds is 2. The maximum absolute atomic E-state index is 4.61. The summed E-state index contributed by atoms with van der Waals surface area (Å²) in [6.07, 6.45) is 0. The number of nitrogens with one attached hydrogen (secondary N) is 2. The van der Waals surface area contributed by atoms with Crippen LogP contribution in [0.2, 0.25) is 0 Å². The minimum absolute atomic E-state index is 0.460. The van der Waals surface area contributed by atoms with Gasteiger partial charge < -0.3 is 10.2 Å². The second kappa shape index (κ2) is 5.22. The fourth-order valence-corrected chi connectivity index (χ4v) is 3.76. The second-order valence-electron chi connectivity index (χ2n) is 4.96. The summed E-state index contributed by atoms with van der Waals surface area (Å²) in [5, 5.41) is 10.9. The van der Waals surface area contributed by atoms with Crippen LogP contribution in [-0.4, -0.2) is 40.4 Å². The summed E-state index contributed by atoms with van der Waals surface area (Å²) in [7, 11) is 0. The van der Waals surface area contributed by atoms with E-state index in [0.29, 0.717) is 12.1 Å². The highest BCUT2D eigenvalue weighted by molar-refractivity contribution is 9.11. The molecule has 102 valence electrons. The molecule has 1 aliphatic rings. The number of nitrogens with zero attached hydrogens (tertiary/aromatic N) is 3. The number of thiophene rings is 1. The molecule has 2 N–H and O–H groups in total. The van der Waals surface area contributed by atoms with Crippen molar-refractivity contribution in [2.24, 2.45) is 0 Å². The average Bonchev–Trinajstić information content (AvgIpc) is 2.95. The summed E-state index contributed by atoms with van der Waals surface area (Å²) >= 11 is 5.12. The van der Waals surface area contributed by atoms with Gasteiger partial charge in [-0.1, -0.05) is 0 Å². The molecule has 1 aliphatic heterocycles. The lowest BCUT2D eigenvalue weighted by Crippen LogP contribution is -2.54. The number of hydrogen-bond acceptors (Lipinski definition) is 5. The SMILES string of the molecule is CC1CN(c2n[nH]c(-c3ccc(Br)s3)n2)CC(C)N1. The van der Waals surface area contributed by atoms with Gasteiger partial charge in [-0.25, -0.2) is 0 Å². The van der Waals surface area contributed by atoms with Crippen LogP contribution >= 0.6 is 27.3 Å². The van der Waals surface area contributed by atoms with Gasteiger partial charge in [0.1, 0.15) is 0 Å². The van der Waals surface area contributed by atoms with Crippen LogP contribution in [0.4, 0.5) is 5.95 Å². The first kappa shape index (κ1) is 13.1. The summed E-state index contributed by atoms with van der Waals surface area (Å²) in [5.41, 5.74) is 0. The Morgan fingerprint density at radius 3 is 2.68 bits per heavy atom. The van der Waals surface area contributed by atoms with Crippen LogP contribution in [0.15, 0.2) is 15.9 Å². The van der Waals surface area contributed by atoms with E-state index >= 15 is 0 Å². The summed E-state index contributed by atoms with van der Waals surface area (Å²) in [6, 6.07) is 4.99. The molecule has 19 heavy (non-hydrogen) atoms. The summed E-state index contributed by atoms with van der Waals surface area (Å²) in [6.45, 7) is 6.25. The van der Waals surface area contributed by atoms with E-state index in [-0.39, 0.29) is 0 Å². The fraction of sp³-hybridized carbons (Fsp3) is 0.500. The van der Waals surface area contributed by atoms with Crippen molar-refractivity contribution in [2.45, 2.75) is 25.9 Å². The number of aromatic amines is 1. The molecule has 3 rings (SSSR count). The first-order valence-electron chi connectivity index (χ1n) is 6.31. The molecule has 2 aromatic heterocycles. The van der Waals surface area contributed by atoms with Gasteiger partial charge >= 0.3 is 0 Å². The minimum Gasteiger partial charge on any atom is -0.336 e. The summed E-state index contributed by atoms with van der Waals surface area (Å²) in [5.74, 6) is 1.63. The standard InChI is InChI=1S/C12H16BrN5S/c1-7-5-18(6-8(2)14-7)12-15-11(16-17-12)9-3-4-10(13)19-9/h3-4,7-8,14H,5-6H2,1-2H3,(H,15,16,17). The zero-order chi connectivity index (χ0) is 13.4. The van der Waals surface area contributed by atoms with Gasteiger partial charge in [0.05, 0.1) is 8.66 Å². The van der Waals surface area contributed by atoms with Crippen LogP contribution in [0.5, 0.6) is 0 Å². The van der Waals surface area contributed by atoms with Gasteiger partial charge in [-0.2, -0.15) is 4.98 Å². The van der Waals surface area contributed by atoms with Crippen molar-refractivity contribution in [2.75, 3.05) is 18.0 Å². The Hall–Kier alpha value is -0.920. The molecule has 2 atom stereocenters. The van der Waals surface area contributed by atoms with E-state index in [4.69, 9.17) is 0 Å². The molecular weight excluding hydrogens is 326 g/mol. The van der Waals surface area contributed by atoms with Gasteiger partial charge in [-0.3, -0.25) is 5.10 Å². The first-order valence-corrected chi connectivity index (χ1v) is 7.92. The van der Waals surface area contributed by atoms with Crippen molar-refractivity contribution in [3.8, 4) is 10.7 Å². The molecule has 0 saturated carbocycles. The topological polar surface area (TPSA) is 56.8 Å². The van der Waals surface area contributed by atoms with Gasteiger partial charge in [0.25, 0.3) is 0 Å². The third kappa shape index (κ3) is 2.82. The number of H-pyrrole nitrogens is 1. The Kier molecular flexibility index (Phi) is 3.60. The number of halogens is 1. The van der Waals surface area contributed by atoms with Crippen molar-refractivity contribution in [1.82, 2.24) is 20.5 Å². The molecule has 0 aromatic carbocycles. The van der Waals surface area contributed by atoms with Gasteiger partial charge in [-0.05, 0) is 41.9 Å². The predicted molar refractivity (Wildman–Crippen MR) is 81.7 cm³/mol. The van der Waals surface area contributed by atoms with Crippen molar-refractivity contribution < 1.29 is 0 Å². The second-order valence-corrected chi connectivity index (χ2v) is 7.42. The Balaban J connectivity index is 1.81. The van der Waals surface area contributed by atoms with E-state index in [2.05, 4.69) is 55.2 Å². The maximum atomic E-state index is 4.61. The molecule has 7 heteroatoms. The maximum Gasteiger partial charge on any atom is 0.245 e. The monoisotopic (exact) mass is 341 g/mol. The summed E-state index contributed by atoms with van der Waals surface area (Å²) in [4.78, 5) is 7.94. The first-order chi connectivity index (χ1) is 9.11. The van der Waals surface area contributed by atoms with Gasteiger partial charge in [0, 0.05) is 25.2 Å². The lowest BCUT2D eigenvalue weighted by atomic mass is 10.1. The third-order valence-corrected chi connectivity index (χ3v) is 4.75. The van der Waals surface area contributed by atoms with E-state index in [1.807, 2.05) is 12.1 Å². The number of hydrogen-bond donors (Lipinski definition) is 2. The van der Waals surface area contributed by atoms with E-state index in [9.17, 15) is 0 Å². The number of piperazine rings is 1. The largest absolute Gasteiger partial charge is 0.336 e. The molecule has 1 saturated heterocycles. The molecule has 0 amide bonds. The molecule has 0 bridgehead atoms. The molecule has 0 radical (unpaired) electrons. The quantitative estimate of drug-likeness (QED) is 0.880. The molecule has 0 spiro atoms. The van der Waals surface area contributed by atoms with Crippen molar-refractivity contribution in [3.05, 3.63) is 15.9 Å². The van der Waals surface area contributed by atoms with Crippen LogP contribution in [0.3, 0.4) is 0 Å². The lowest BCUT2D eigenvalue weighted by Gasteiger charge is -2.35. The number of anilines is 1. The molecular formula is C12H16BrN5S. The van der Waals surface area contributed by atoms with Crippen molar-refractivity contribution in [3.63, 3.8) is 0 Å². The molecule has 2 unspecified atom stereocenters. The molecule has 5 nitrogen and oxygen atoms in total. The zero-order valence-electron chi connectivity index (χ0n) is 10.9. The highest BCUT2D eigenvalue weighted by atomic mass is 79.9. The van der Waals surface area contributed by atoms with Crippen LogP contribution < -0.4 is 10.2 Å². The smallest absolute Gasteiger partial charge is 0.245 e. The molecule has 3 heterocycles. The zero-order valence-corrected chi connectivity index (χ0v) is 13.3. The Labute approximate surface area is 124 Å². The van der Waals surface area contributed by atoms with Crippen LogP contribution in [0, 0.1) is 0 Å². The lowest BCUT2D eigenvalue weighted by molar-refractivity contribution is 0.403. The van der Waals surface area contributed by atoms with Gasteiger partial charge in [0.15, 0.2) is 5.82 Å². The highest BCUT2D eigenvalue weighted by Crippen LogP contribution is 2.29.